The zero-order valence-electron chi connectivity index (χ0n) is 15.7. The van der Waals surface area contributed by atoms with Gasteiger partial charge in [0.2, 0.25) is 0 Å². The Morgan fingerprint density at radius 1 is 0.900 bits per heavy atom. The first-order valence-corrected chi connectivity index (χ1v) is 9.06. The number of rotatable bonds is 6. The molecule has 10 heteroatoms. The van der Waals surface area contributed by atoms with Crippen molar-refractivity contribution in [3.05, 3.63) is 64.5 Å². The molecule has 0 radical (unpaired) electrons. The predicted octanol–water partition coefficient (Wildman–Crippen LogP) is 5.97. The summed E-state index contributed by atoms with van der Waals surface area (Å²) in [5.74, 6) is -10.1. The molecule has 164 valence electrons. The summed E-state index contributed by atoms with van der Waals surface area (Å²) in [6.45, 7) is 2.60. The lowest BCUT2D eigenvalue weighted by Gasteiger charge is -2.29. The van der Waals surface area contributed by atoms with Gasteiger partial charge < -0.3 is 14.2 Å². The molecule has 0 saturated carbocycles. The highest BCUT2D eigenvalue weighted by Crippen LogP contribution is 2.37. The van der Waals surface area contributed by atoms with Gasteiger partial charge in [0.1, 0.15) is 0 Å². The second-order valence-corrected chi connectivity index (χ2v) is 6.84. The lowest BCUT2D eigenvalue weighted by atomic mass is 10.1. The number of hydrogen-bond acceptors (Lipinski definition) is 3. The van der Waals surface area contributed by atoms with E-state index in [1.807, 2.05) is 6.92 Å². The van der Waals surface area contributed by atoms with Gasteiger partial charge in [-0.3, -0.25) is 0 Å². The summed E-state index contributed by atoms with van der Waals surface area (Å²) in [5, 5.41) is 0. The van der Waals surface area contributed by atoms with Gasteiger partial charge in [0.15, 0.2) is 41.1 Å². The third kappa shape index (κ3) is 4.70. The van der Waals surface area contributed by atoms with Crippen molar-refractivity contribution in [3.8, 4) is 5.75 Å². The van der Waals surface area contributed by atoms with Crippen LogP contribution < -0.4 is 4.74 Å². The Hall–Kier alpha value is -2.33. The van der Waals surface area contributed by atoms with E-state index in [0.29, 0.717) is 25.3 Å². The second kappa shape index (κ2) is 8.81. The molecule has 2 aromatic rings. The van der Waals surface area contributed by atoms with Gasteiger partial charge in [0.25, 0.3) is 0 Å². The van der Waals surface area contributed by atoms with E-state index in [1.54, 1.807) is 0 Å². The van der Waals surface area contributed by atoms with Gasteiger partial charge in [0.05, 0.1) is 18.8 Å². The molecule has 1 fully saturated rings. The second-order valence-electron chi connectivity index (χ2n) is 6.84. The Balaban J connectivity index is 1.80. The predicted molar refractivity (Wildman–Crippen MR) is 90.2 cm³/mol. The topological polar surface area (TPSA) is 27.7 Å². The number of benzene rings is 2. The Kier molecular flexibility index (Phi) is 6.56. The quantitative estimate of drug-likeness (QED) is 0.411. The molecule has 0 atom stereocenters. The fourth-order valence-corrected chi connectivity index (χ4v) is 3.03. The molecule has 1 aliphatic rings. The van der Waals surface area contributed by atoms with Crippen molar-refractivity contribution in [1.82, 2.24) is 0 Å². The van der Waals surface area contributed by atoms with Gasteiger partial charge >= 0.3 is 6.11 Å². The molecule has 0 amide bonds. The van der Waals surface area contributed by atoms with Crippen LogP contribution in [-0.2, 0) is 15.6 Å². The Morgan fingerprint density at radius 2 is 1.43 bits per heavy atom. The number of alkyl halides is 2. The highest BCUT2D eigenvalue weighted by molar-refractivity contribution is 5.33. The minimum atomic E-state index is -4.55. The summed E-state index contributed by atoms with van der Waals surface area (Å²) >= 11 is 0. The Morgan fingerprint density at radius 3 is 1.93 bits per heavy atom. The molecule has 1 saturated heterocycles. The molecule has 1 aliphatic heterocycles. The number of ether oxygens (including phenoxy) is 3. The van der Waals surface area contributed by atoms with Crippen LogP contribution in [0.4, 0.5) is 30.7 Å². The molecule has 30 heavy (non-hydrogen) atoms. The Bertz CT molecular complexity index is 865. The smallest absolute Gasteiger partial charge is 0.423 e. The van der Waals surface area contributed by atoms with Crippen LogP contribution >= 0.6 is 0 Å². The molecule has 2 aromatic carbocycles. The van der Waals surface area contributed by atoms with Crippen LogP contribution in [-0.4, -0.2) is 13.2 Å². The minimum absolute atomic E-state index is 0.0287. The maximum atomic E-state index is 14.3. The maximum Gasteiger partial charge on any atom is 0.427 e. The highest BCUT2D eigenvalue weighted by Gasteiger charge is 2.39. The molecule has 3 rings (SSSR count). The van der Waals surface area contributed by atoms with Crippen LogP contribution in [0.2, 0.25) is 0 Å². The standard InChI is InChI=1S/C20H17F7O3/c1-2-3-10-8-28-19(29-9-10)11-4-15(23)18(16(24)5-11)30-20(26,27)12-6-13(21)17(25)14(22)7-12/h4-7,10,19H,2-3,8-9H2,1H3. The molecule has 1 heterocycles. The van der Waals surface area contributed by atoms with Crippen molar-refractivity contribution in [1.29, 1.82) is 0 Å². The molecule has 0 N–H and O–H groups in total. The lowest BCUT2D eigenvalue weighted by molar-refractivity contribution is -0.206. The highest BCUT2D eigenvalue weighted by atomic mass is 19.3. The molecule has 3 nitrogen and oxygen atoms in total. The summed E-state index contributed by atoms with van der Waals surface area (Å²) in [6, 6.07) is 1.34. The van der Waals surface area contributed by atoms with E-state index in [0.717, 1.165) is 12.8 Å². The van der Waals surface area contributed by atoms with Gasteiger partial charge in [-0.1, -0.05) is 13.3 Å². The lowest BCUT2D eigenvalue weighted by Crippen LogP contribution is -2.27. The largest absolute Gasteiger partial charge is 0.427 e. The van der Waals surface area contributed by atoms with Crippen molar-refractivity contribution in [2.24, 2.45) is 5.92 Å². The summed E-state index contributed by atoms with van der Waals surface area (Å²) in [4.78, 5) is 0. The van der Waals surface area contributed by atoms with Crippen LogP contribution in [0.25, 0.3) is 0 Å². The SMILES string of the molecule is CCCC1COC(c2cc(F)c(OC(F)(F)c3cc(F)c(F)c(F)c3)c(F)c2)OC1. The minimum Gasteiger partial charge on any atom is -0.423 e. The van der Waals surface area contributed by atoms with E-state index in [9.17, 15) is 30.7 Å². The van der Waals surface area contributed by atoms with Crippen molar-refractivity contribution in [2.45, 2.75) is 32.2 Å². The normalized spacial score (nSPS) is 19.7. The number of hydrogen-bond donors (Lipinski definition) is 0. The van der Waals surface area contributed by atoms with Crippen LogP contribution in [0.5, 0.6) is 5.75 Å². The molecule has 0 aromatic heterocycles. The average molecular weight is 438 g/mol. The van der Waals surface area contributed by atoms with E-state index < -0.39 is 52.8 Å². The molecular formula is C20H17F7O3. The summed E-state index contributed by atoms with van der Waals surface area (Å²) in [7, 11) is 0. The third-order valence-electron chi connectivity index (χ3n) is 4.51. The Labute approximate surface area is 167 Å². The third-order valence-corrected chi connectivity index (χ3v) is 4.51. The van der Waals surface area contributed by atoms with Gasteiger partial charge in [0, 0.05) is 11.5 Å². The van der Waals surface area contributed by atoms with E-state index in [-0.39, 0.29) is 23.6 Å². The molecule has 0 aliphatic carbocycles. The zero-order valence-corrected chi connectivity index (χ0v) is 15.7. The van der Waals surface area contributed by atoms with Crippen LogP contribution in [0.3, 0.4) is 0 Å². The molecule has 0 bridgehead atoms. The van der Waals surface area contributed by atoms with E-state index >= 15 is 0 Å². The van der Waals surface area contributed by atoms with E-state index in [1.165, 1.54) is 0 Å². The molecular weight excluding hydrogens is 421 g/mol. The average Bonchev–Trinajstić information content (AvgIpc) is 2.69. The summed E-state index contributed by atoms with van der Waals surface area (Å²) in [5.41, 5.74) is -1.54. The summed E-state index contributed by atoms with van der Waals surface area (Å²) < 4.78 is 111. The number of halogens is 7. The first kappa shape index (κ1) is 22.4. The molecule has 0 spiro atoms. The fraction of sp³-hybridized carbons (Fsp3) is 0.400. The van der Waals surface area contributed by atoms with E-state index in [2.05, 4.69) is 4.74 Å². The monoisotopic (exact) mass is 438 g/mol. The van der Waals surface area contributed by atoms with Crippen LogP contribution in [0.15, 0.2) is 24.3 Å². The fourth-order valence-electron chi connectivity index (χ4n) is 3.03. The molecule has 0 unspecified atom stereocenters. The van der Waals surface area contributed by atoms with Crippen LogP contribution in [0, 0.1) is 35.0 Å². The zero-order chi connectivity index (χ0) is 22.1. The van der Waals surface area contributed by atoms with Gasteiger partial charge in [-0.05, 0) is 30.7 Å². The van der Waals surface area contributed by atoms with Gasteiger partial charge in [-0.15, -0.1) is 0 Å². The van der Waals surface area contributed by atoms with Crippen LogP contribution in [0.1, 0.15) is 37.2 Å². The maximum absolute atomic E-state index is 14.3. The van der Waals surface area contributed by atoms with Crippen molar-refractivity contribution in [3.63, 3.8) is 0 Å². The van der Waals surface area contributed by atoms with Gasteiger partial charge in [-0.25, -0.2) is 22.0 Å². The first-order valence-electron chi connectivity index (χ1n) is 9.06. The van der Waals surface area contributed by atoms with Crippen molar-refractivity contribution < 1.29 is 44.9 Å². The van der Waals surface area contributed by atoms with Crippen molar-refractivity contribution >= 4 is 0 Å². The van der Waals surface area contributed by atoms with E-state index in [4.69, 9.17) is 9.47 Å². The first-order chi connectivity index (χ1) is 14.1. The van der Waals surface area contributed by atoms with Gasteiger partial charge in [-0.2, -0.15) is 8.78 Å². The van der Waals surface area contributed by atoms with Crippen molar-refractivity contribution in [2.75, 3.05) is 13.2 Å². The summed E-state index contributed by atoms with van der Waals surface area (Å²) in [6.07, 6.45) is -3.88.